The van der Waals surface area contributed by atoms with Crippen LogP contribution in [0.4, 0.5) is 0 Å². The largest absolute Gasteiger partial charge is 0.317 e. The van der Waals surface area contributed by atoms with E-state index in [1.807, 2.05) is 11.7 Å². The quantitative estimate of drug-likeness (QED) is 0.839. The van der Waals surface area contributed by atoms with E-state index in [0.29, 0.717) is 0 Å². The number of hydrogen-bond donors (Lipinski definition) is 1. The first kappa shape index (κ1) is 15.8. The summed E-state index contributed by atoms with van der Waals surface area (Å²) in [6.07, 6.45) is 7.92. The van der Waals surface area contributed by atoms with Gasteiger partial charge < -0.3 is 5.32 Å². The molecule has 0 aliphatic heterocycles. The average molecular weight is 298 g/mol. The van der Waals surface area contributed by atoms with Gasteiger partial charge in [0.2, 0.25) is 0 Å². The number of halogens is 1. The Hall–Kier alpha value is -0.540. The molecule has 0 bridgehead atoms. The molecule has 2 atom stereocenters. The highest BCUT2D eigenvalue weighted by molar-refractivity contribution is 6.30. The third kappa shape index (κ3) is 3.76. The fourth-order valence-electron chi connectivity index (χ4n) is 3.50. The molecule has 2 rings (SSSR count). The van der Waals surface area contributed by atoms with Crippen LogP contribution < -0.4 is 5.32 Å². The maximum absolute atomic E-state index is 6.41. The van der Waals surface area contributed by atoms with Crippen LogP contribution in [0.15, 0.2) is 0 Å². The van der Waals surface area contributed by atoms with Crippen molar-refractivity contribution < 1.29 is 0 Å². The summed E-state index contributed by atoms with van der Waals surface area (Å²) in [5.41, 5.74) is 2.37. The Bertz CT molecular complexity index is 428. The van der Waals surface area contributed by atoms with Crippen molar-refractivity contribution in [1.82, 2.24) is 15.1 Å². The van der Waals surface area contributed by atoms with Crippen LogP contribution in [0.2, 0.25) is 5.15 Å². The van der Waals surface area contributed by atoms with Gasteiger partial charge >= 0.3 is 0 Å². The van der Waals surface area contributed by atoms with E-state index in [4.69, 9.17) is 11.6 Å². The second-order valence-electron chi connectivity index (χ2n) is 6.15. The van der Waals surface area contributed by atoms with Crippen molar-refractivity contribution in [3.8, 4) is 0 Å². The van der Waals surface area contributed by atoms with E-state index in [9.17, 15) is 0 Å². The zero-order valence-electron chi connectivity index (χ0n) is 13.1. The molecule has 2 unspecified atom stereocenters. The lowest BCUT2D eigenvalue weighted by Gasteiger charge is -2.25. The van der Waals surface area contributed by atoms with Crippen LogP contribution in [-0.2, 0) is 13.5 Å². The van der Waals surface area contributed by atoms with Gasteiger partial charge in [0.1, 0.15) is 5.15 Å². The van der Waals surface area contributed by atoms with E-state index >= 15 is 0 Å². The summed E-state index contributed by atoms with van der Waals surface area (Å²) in [4.78, 5) is 0. The van der Waals surface area contributed by atoms with Crippen molar-refractivity contribution in [2.75, 3.05) is 13.1 Å². The van der Waals surface area contributed by atoms with Crippen molar-refractivity contribution in [2.45, 2.75) is 52.4 Å². The number of hydrogen-bond acceptors (Lipinski definition) is 2. The minimum atomic E-state index is 0.747. The summed E-state index contributed by atoms with van der Waals surface area (Å²) in [6, 6.07) is 0. The van der Waals surface area contributed by atoms with Gasteiger partial charge in [0, 0.05) is 12.6 Å². The lowest BCUT2D eigenvalue weighted by molar-refractivity contribution is 0.299. The summed E-state index contributed by atoms with van der Waals surface area (Å²) in [7, 11) is 1.93. The molecule has 1 saturated carbocycles. The number of aromatic nitrogens is 2. The second-order valence-corrected chi connectivity index (χ2v) is 6.51. The lowest BCUT2D eigenvalue weighted by Crippen LogP contribution is -2.28. The predicted molar refractivity (Wildman–Crippen MR) is 85.3 cm³/mol. The van der Waals surface area contributed by atoms with Gasteiger partial charge in [-0.25, -0.2) is 0 Å². The monoisotopic (exact) mass is 297 g/mol. The number of rotatable bonds is 5. The fraction of sp³-hybridized carbons (Fsp3) is 0.812. The van der Waals surface area contributed by atoms with Gasteiger partial charge in [0.15, 0.2) is 0 Å². The number of nitrogens with zero attached hydrogens (tertiary/aromatic N) is 2. The van der Waals surface area contributed by atoms with E-state index in [2.05, 4.69) is 24.3 Å². The summed E-state index contributed by atoms with van der Waals surface area (Å²) in [5, 5.41) is 8.83. The molecule has 0 saturated heterocycles. The molecular weight excluding hydrogens is 270 g/mol. The Balaban J connectivity index is 2.10. The summed E-state index contributed by atoms with van der Waals surface area (Å²) in [6.45, 7) is 6.49. The minimum absolute atomic E-state index is 0.747. The lowest BCUT2D eigenvalue weighted by atomic mass is 9.83. The first-order valence-electron chi connectivity index (χ1n) is 8.02. The van der Waals surface area contributed by atoms with E-state index in [0.717, 1.165) is 42.2 Å². The van der Waals surface area contributed by atoms with Crippen molar-refractivity contribution in [1.29, 1.82) is 0 Å². The van der Waals surface area contributed by atoms with Crippen molar-refractivity contribution in [2.24, 2.45) is 18.9 Å². The maximum Gasteiger partial charge on any atom is 0.130 e. The van der Waals surface area contributed by atoms with Gasteiger partial charge in [-0.3, -0.25) is 4.68 Å². The predicted octanol–water partition coefficient (Wildman–Crippen LogP) is 3.73. The first-order valence-corrected chi connectivity index (χ1v) is 8.40. The molecule has 114 valence electrons. The van der Waals surface area contributed by atoms with Crippen LogP contribution in [0.5, 0.6) is 0 Å². The van der Waals surface area contributed by atoms with Gasteiger partial charge in [-0.15, -0.1) is 0 Å². The normalized spacial score (nSPS) is 23.8. The minimum Gasteiger partial charge on any atom is -0.317 e. The van der Waals surface area contributed by atoms with Gasteiger partial charge in [-0.2, -0.15) is 5.10 Å². The molecule has 0 amide bonds. The molecule has 0 aromatic carbocycles. The van der Waals surface area contributed by atoms with Crippen LogP contribution in [-0.4, -0.2) is 22.9 Å². The zero-order chi connectivity index (χ0) is 14.5. The Kier molecular flexibility index (Phi) is 5.91. The molecule has 4 heteroatoms. The fourth-order valence-corrected chi connectivity index (χ4v) is 3.75. The summed E-state index contributed by atoms with van der Waals surface area (Å²) in [5.74, 6) is 1.53. The van der Waals surface area contributed by atoms with E-state index in [-0.39, 0.29) is 0 Å². The molecule has 1 aliphatic rings. The molecule has 1 N–H and O–H groups in total. The van der Waals surface area contributed by atoms with Crippen molar-refractivity contribution in [3.05, 3.63) is 16.4 Å². The third-order valence-electron chi connectivity index (χ3n) is 4.71. The second kappa shape index (κ2) is 7.46. The highest BCUT2D eigenvalue weighted by atomic mass is 35.5. The SMILES string of the molecule is CCNCC1CCCCCC1Cc1c(C)nn(C)c1Cl. The topological polar surface area (TPSA) is 29.9 Å². The van der Waals surface area contributed by atoms with Crippen LogP contribution >= 0.6 is 11.6 Å². The molecule has 20 heavy (non-hydrogen) atoms. The van der Waals surface area contributed by atoms with E-state index in [1.54, 1.807) is 0 Å². The highest BCUT2D eigenvalue weighted by Crippen LogP contribution is 2.33. The number of nitrogens with one attached hydrogen (secondary N) is 1. The Morgan fingerprint density at radius 2 is 1.95 bits per heavy atom. The molecular formula is C16H28ClN3. The molecule has 0 radical (unpaired) electrons. The van der Waals surface area contributed by atoms with Crippen LogP contribution in [0.3, 0.4) is 0 Å². The molecule has 0 spiro atoms. The van der Waals surface area contributed by atoms with Crippen LogP contribution in [0, 0.1) is 18.8 Å². The first-order chi connectivity index (χ1) is 9.63. The molecule has 1 heterocycles. The molecule has 1 fully saturated rings. The van der Waals surface area contributed by atoms with Crippen LogP contribution in [0.25, 0.3) is 0 Å². The van der Waals surface area contributed by atoms with E-state index < -0.39 is 0 Å². The smallest absolute Gasteiger partial charge is 0.130 e. The molecule has 1 aliphatic carbocycles. The Morgan fingerprint density at radius 1 is 1.25 bits per heavy atom. The van der Waals surface area contributed by atoms with Crippen LogP contribution in [0.1, 0.15) is 50.3 Å². The third-order valence-corrected chi connectivity index (χ3v) is 5.18. The average Bonchev–Trinajstić information content (AvgIpc) is 2.62. The van der Waals surface area contributed by atoms with Gasteiger partial charge in [0.25, 0.3) is 0 Å². The summed E-state index contributed by atoms with van der Waals surface area (Å²) >= 11 is 6.41. The number of aryl methyl sites for hydroxylation is 2. The van der Waals surface area contributed by atoms with Crippen molar-refractivity contribution >= 4 is 11.6 Å². The highest BCUT2D eigenvalue weighted by Gasteiger charge is 2.26. The molecule has 1 aromatic rings. The summed E-state index contributed by atoms with van der Waals surface area (Å²) < 4.78 is 1.81. The Morgan fingerprint density at radius 3 is 2.55 bits per heavy atom. The molecule has 3 nitrogen and oxygen atoms in total. The van der Waals surface area contributed by atoms with Gasteiger partial charge in [-0.1, -0.05) is 37.8 Å². The zero-order valence-corrected chi connectivity index (χ0v) is 13.8. The maximum atomic E-state index is 6.41. The van der Waals surface area contributed by atoms with Gasteiger partial charge in [-0.05, 0) is 51.1 Å². The Labute approximate surface area is 128 Å². The molecule has 1 aromatic heterocycles. The van der Waals surface area contributed by atoms with Gasteiger partial charge in [0.05, 0.1) is 5.69 Å². The standard InChI is InChI=1S/C16H28ClN3/c1-4-18-11-14-9-7-5-6-8-13(14)10-15-12(2)19-20(3)16(15)17/h13-14,18H,4-11H2,1-3H3. The van der Waals surface area contributed by atoms with Crippen molar-refractivity contribution in [3.63, 3.8) is 0 Å². The van der Waals surface area contributed by atoms with E-state index in [1.165, 1.54) is 37.7 Å².